The molecule has 1 saturated heterocycles. The molecule has 2 amide bonds. The number of anilines is 2. The molecule has 0 unspecified atom stereocenters. The molecule has 0 saturated carbocycles. The zero-order chi connectivity index (χ0) is 20.1. The van der Waals surface area contributed by atoms with Gasteiger partial charge in [-0.2, -0.15) is 0 Å². The highest BCUT2D eigenvalue weighted by Gasteiger charge is 2.20. The summed E-state index contributed by atoms with van der Waals surface area (Å²) in [6.45, 7) is 7.49. The Morgan fingerprint density at radius 3 is 2.39 bits per heavy atom. The van der Waals surface area contributed by atoms with Gasteiger partial charge in [-0.1, -0.05) is 29.8 Å². The predicted octanol–water partition coefficient (Wildman–Crippen LogP) is 2.74. The third-order valence-corrected chi connectivity index (χ3v) is 4.92. The lowest BCUT2D eigenvalue weighted by Crippen LogP contribution is -2.37. The van der Waals surface area contributed by atoms with Crippen molar-refractivity contribution in [3.05, 3.63) is 59.2 Å². The van der Waals surface area contributed by atoms with Crippen LogP contribution < -0.4 is 10.2 Å². The molecule has 1 heterocycles. The second kappa shape index (κ2) is 8.89. The summed E-state index contributed by atoms with van der Waals surface area (Å²) >= 11 is 0. The molecule has 1 aliphatic heterocycles. The largest absolute Gasteiger partial charge is 0.378 e. The summed E-state index contributed by atoms with van der Waals surface area (Å²) < 4.78 is 5.38. The third kappa shape index (κ3) is 4.89. The van der Waals surface area contributed by atoms with E-state index in [1.807, 2.05) is 56.3 Å². The van der Waals surface area contributed by atoms with Crippen molar-refractivity contribution >= 4 is 23.2 Å². The van der Waals surface area contributed by atoms with Gasteiger partial charge >= 0.3 is 11.8 Å². The van der Waals surface area contributed by atoms with Crippen LogP contribution in [-0.2, 0) is 20.9 Å². The van der Waals surface area contributed by atoms with Crippen molar-refractivity contribution in [3.63, 3.8) is 0 Å². The second-order valence-corrected chi connectivity index (χ2v) is 7.20. The van der Waals surface area contributed by atoms with Gasteiger partial charge in [-0.3, -0.25) is 9.59 Å². The van der Waals surface area contributed by atoms with Gasteiger partial charge in [0, 0.05) is 38.1 Å². The molecule has 28 heavy (non-hydrogen) atoms. The van der Waals surface area contributed by atoms with Crippen LogP contribution in [-0.4, -0.2) is 50.1 Å². The summed E-state index contributed by atoms with van der Waals surface area (Å²) in [4.78, 5) is 28.5. The number of amides is 2. The molecule has 0 bridgehead atoms. The zero-order valence-corrected chi connectivity index (χ0v) is 16.7. The molecule has 0 aromatic heterocycles. The van der Waals surface area contributed by atoms with E-state index in [1.54, 1.807) is 7.05 Å². The van der Waals surface area contributed by atoms with Crippen LogP contribution in [0.15, 0.2) is 42.5 Å². The van der Waals surface area contributed by atoms with Crippen molar-refractivity contribution in [2.45, 2.75) is 20.4 Å². The van der Waals surface area contributed by atoms with E-state index in [9.17, 15) is 9.59 Å². The molecule has 2 aromatic carbocycles. The van der Waals surface area contributed by atoms with E-state index in [2.05, 4.69) is 10.2 Å². The Labute approximate surface area is 166 Å². The predicted molar refractivity (Wildman–Crippen MR) is 110 cm³/mol. The first-order chi connectivity index (χ1) is 13.4. The lowest BCUT2D eigenvalue weighted by Gasteiger charge is -2.29. The van der Waals surface area contributed by atoms with E-state index in [4.69, 9.17) is 4.74 Å². The van der Waals surface area contributed by atoms with Gasteiger partial charge in [0.2, 0.25) is 0 Å². The molecule has 3 rings (SSSR count). The summed E-state index contributed by atoms with van der Waals surface area (Å²) in [5.41, 5.74) is 4.82. The van der Waals surface area contributed by atoms with Crippen LogP contribution in [0.25, 0.3) is 0 Å². The van der Waals surface area contributed by atoms with Crippen LogP contribution >= 0.6 is 0 Å². The highest BCUT2D eigenvalue weighted by Crippen LogP contribution is 2.23. The number of aryl methyl sites for hydroxylation is 2. The van der Waals surface area contributed by atoms with E-state index >= 15 is 0 Å². The van der Waals surface area contributed by atoms with Gasteiger partial charge in [-0.15, -0.1) is 0 Å². The molecule has 148 valence electrons. The number of carbonyl (C=O) groups excluding carboxylic acids is 2. The smallest absolute Gasteiger partial charge is 0.313 e. The van der Waals surface area contributed by atoms with Crippen LogP contribution in [0, 0.1) is 13.8 Å². The van der Waals surface area contributed by atoms with Crippen molar-refractivity contribution in [1.82, 2.24) is 4.90 Å². The monoisotopic (exact) mass is 381 g/mol. The molecule has 0 aliphatic carbocycles. The fourth-order valence-electron chi connectivity index (χ4n) is 3.19. The summed E-state index contributed by atoms with van der Waals surface area (Å²) in [5, 5.41) is 2.74. The average Bonchev–Trinajstić information content (AvgIpc) is 2.71. The maximum absolute atomic E-state index is 12.4. The average molecular weight is 381 g/mol. The molecular formula is C22H27N3O3. The highest BCUT2D eigenvalue weighted by molar-refractivity contribution is 6.39. The molecule has 0 radical (unpaired) electrons. The normalized spacial score (nSPS) is 13.9. The zero-order valence-electron chi connectivity index (χ0n) is 16.7. The van der Waals surface area contributed by atoms with E-state index in [0.29, 0.717) is 12.2 Å². The van der Waals surface area contributed by atoms with Crippen molar-refractivity contribution in [2.75, 3.05) is 43.6 Å². The second-order valence-electron chi connectivity index (χ2n) is 7.20. The SMILES string of the molecule is Cc1ccc(CN(C)C(=O)C(=O)Nc2ccc(N3CCOCC3)cc2C)cc1. The first-order valence-corrected chi connectivity index (χ1v) is 9.49. The van der Waals surface area contributed by atoms with Crippen LogP contribution in [0.3, 0.4) is 0 Å². The number of carbonyl (C=O) groups is 2. The van der Waals surface area contributed by atoms with Gasteiger partial charge in [0.1, 0.15) is 0 Å². The lowest BCUT2D eigenvalue weighted by molar-refractivity contribution is -0.142. The first kappa shape index (κ1) is 19.9. The minimum Gasteiger partial charge on any atom is -0.378 e. The number of nitrogens with zero attached hydrogens (tertiary/aromatic N) is 2. The molecule has 2 aromatic rings. The van der Waals surface area contributed by atoms with Gasteiger partial charge in [-0.05, 0) is 43.2 Å². The third-order valence-electron chi connectivity index (χ3n) is 4.92. The lowest BCUT2D eigenvalue weighted by atomic mass is 10.1. The number of likely N-dealkylation sites (N-methyl/N-ethyl adjacent to an activating group) is 1. The van der Waals surface area contributed by atoms with Gasteiger partial charge < -0.3 is 19.9 Å². The maximum Gasteiger partial charge on any atom is 0.313 e. The van der Waals surface area contributed by atoms with Crippen LogP contribution in [0.5, 0.6) is 0 Å². The van der Waals surface area contributed by atoms with Crippen LogP contribution in [0.1, 0.15) is 16.7 Å². The number of benzene rings is 2. The van der Waals surface area contributed by atoms with E-state index < -0.39 is 11.8 Å². The van der Waals surface area contributed by atoms with Crippen molar-refractivity contribution in [1.29, 1.82) is 0 Å². The minimum atomic E-state index is -0.628. The summed E-state index contributed by atoms with van der Waals surface area (Å²) in [6, 6.07) is 13.8. The van der Waals surface area contributed by atoms with Gasteiger partial charge in [0.25, 0.3) is 0 Å². The molecule has 1 aliphatic rings. The Hall–Kier alpha value is -2.86. The first-order valence-electron chi connectivity index (χ1n) is 9.49. The maximum atomic E-state index is 12.4. The van der Waals surface area contributed by atoms with Gasteiger partial charge in [0.15, 0.2) is 0 Å². The Morgan fingerprint density at radius 1 is 1.07 bits per heavy atom. The molecule has 6 nitrogen and oxygen atoms in total. The Kier molecular flexibility index (Phi) is 6.31. The van der Waals surface area contributed by atoms with Crippen molar-refractivity contribution < 1.29 is 14.3 Å². The quantitative estimate of drug-likeness (QED) is 0.828. The van der Waals surface area contributed by atoms with Gasteiger partial charge in [-0.25, -0.2) is 0 Å². The number of ether oxygens (including phenoxy) is 1. The highest BCUT2D eigenvalue weighted by atomic mass is 16.5. The van der Waals surface area contributed by atoms with E-state index in [-0.39, 0.29) is 0 Å². The molecule has 1 fully saturated rings. The Morgan fingerprint density at radius 2 is 1.75 bits per heavy atom. The fraction of sp³-hybridized carbons (Fsp3) is 0.364. The minimum absolute atomic E-state index is 0.390. The number of rotatable bonds is 4. The molecule has 1 N–H and O–H groups in total. The number of hydrogen-bond acceptors (Lipinski definition) is 4. The Balaban J connectivity index is 1.61. The van der Waals surface area contributed by atoms with E-state index in [1.165, 1.54) is 4.90 Å². The van der Waals surface area contributed by atoms with E-state index in [0.717, 1.165) is 48.7 Å². The number of morpholine rings is 1. The van der Waals surface area contributed by atoms with Crippen LogP contribution in [0.2, 0.25) is 0 Å². The Bertz CT molecular complexity index is 843. The van der Waals surface area contributed by atoms with Crippen molar-refractivity contribution in [2.24, 2.45) is 0 Å². The summed E-state index contributed by atoms with van der Waals surface area (Å²) in [5.74, 6) is -1.19. The molecular weight excluding hydrogens is 354 g/mol. The van der Waals surface area contributed by atoms with Crippen LogP contribution in [0.4, 0.5) is 11.4 Å². The molecule has 0 spiro atoms. The molecule has 0 atom stereocenters. The topological polar surface area (TPSA) is 61.9 Å². The number of hydrogen-bond donors (Lipinski definition) is 1. The fourth-order valence-corrected chi connectivity index (χ4v) is 3.19. The van der Waals surface area contributed by atoms with Gasteiger partial charge in [0.05, 0.1) is 13.2 Å². The summed E-state index contributed by atoms with van der Waals surface area (Å²) in [7, 11) is 1.64. The summed E-state index contributed by atoms with van der Waals surface area (Å²) in [6.07, 6.45) is 0. The standard InChI is InChI=1S/C22H27N3O3/c1-16-4-6-18(7-5-16)15-24(3)22(27)21(26)23-20-9-8-19(14-17(20)2)25-10-12-28-13-11-25/h4-9,14H,10-13,15H2,1-3H3,(H,23,26). The number of nitrogens with one attached hydrogen (secondary N) is 1. The molecule has 6 heteroatoms. The van der Waals surface area contributed by atoms with Crippen molar-refractivity contribution in [3.8, 4) is 0 Å².